The molecule has 0 radical (unpaired) electrons. The molecule has 3 aliphatic heterocycles. The smallest absolute Gasteiger partial charge is 0.229 e. The molecule has 1 atom stereocenters. The number of aryl methyl sites for hydroxylation is 1. The van der Waals surface area contributed by atoms with Gasteiger partial charge in [-0.15, -0.1) is 11.8 Å². The van der Waals surface area contributed by atoms with Gasteiger partial charge < -0.3 is 9.80 Å². The molecule has 5 heteroatoms. The highest BCUT2D eigenvalue weighted by Crippen LogP contribution is 2.34. The van der Waals surface area contributed by atoms with Crippen LogP contribution in [0.5, 0.6) is 0 Å². The SMILES string of the molecule is O=C1CC(N2C=C(CCc3ccccc3)SC2)CN1c1ccc(CN2CCCCC2)cc1. The molecule has 0 aromatic heterocycles. The zero-order chi connectivity index (χ0) is 21.8. The number of thioether (sulfide) groups is 1. The second kappa shape index (κ2) is 10.1. The molecule has 2 aromatic rings. The van der Waals surface area contributed by atoms with E-state index in [4.69, 9.17) is 0 Å². The first-order valence-corrected chi connectivity index (χ1v) is 13.0. The van der Waals surface area contributed by atoms with Gasteiger partial charge in [0.05, 0.1) is 11.9 Å². The summed E-state index contributed by atoms with van der Waals surface area (Å²) in [6.07, 6.45) is 9.07. The minimum Gasteiger partial charge on any atom is -0.362 e. The van der Waals surface area contributed by atoms with Crippen LogP contribution in [0, 0.1) is 0 Å². The average molecular weight is 448 g/mol. The Balaban J connectivity index is 1.16. The quantitative estimate of drug-likeness (QED) is 0.579. The number of anilines is 1. The Morgan fingerprint density at radius 1 is 0.875 bits per heavy atom. The predicted octanol–water partition coefficient (Wildman–Crippen LogP) is 5.26. The van der Waals surface area contributed by atoms with Crippen LogP contribution < -0.4 is 4.90 Å². The summed E-state index contributed by atoms with van der Waals surface area (Å²) in [6.45, 7) is 4.23. The van der Waals surface area contributed by atoms with E-state index < -0.39 is 0 Å². The molecule has 4 nitrogen and oxygen atoms in total. The fraction of sp³-hybridized carbons (Fsp3) is 0.444. The fourth-order valence-electron chi connectivity index (χ4n) is 4.99. The van der Waals surface area contributed by atoms with E-state index in [2.05, 4.69) is 70.6 Å². The second-order valence-electron chi connectivity index (χ2n) is 9.23. The molecule has 1 unspecified atom stereocenters. The van der Waals surface area contributed by atoms with Crippen molar-refractivity contribution in [2.24, 2.45) is 0 Å². The number of allylic oxidation sites excluding steroid dienone is 1. The van der Waals surface area contributed by atoms with Crippen molar-refractivity contribution < 1.29 is 4.79 Å². The van der Waals surface area contributed by atoms with E-state index in [1.165, 1.54) is 48.4 Å². The van der Waals surface area contributed by atoms with E-state index in [1.807, 2.05) is 16.7 Å². The Bertz CT molecular complexity index is 937. The largest absolute Gasteiger partial charge is 0.362 e. The van der Waals surface area contributed by atoms with Gasteiger partial charge in [-0.1, -0.05) is 48.9 Å². The number of amides is 1. The van der Waals surface area contributed by atoms with Gasteiger partial charge in [-0.25, -0.2) is 0 Å². The van der Waals surface area contributed by atoms with Crippen molar-refractivity contribution >= 4 is 23.4 Å². The first-order valence-electron chi connectivity index (χ1n) is 12.0. The van der Waals surface area contributed by atoms with E-state index in [9.17, 15) is 4.79 Å². The molecule has 2 aromatic carbocycles. The van der Waals surface area contributed by atoms with E-state index in [0.29, 0.717) is 6.42 Å². The molecule has 1 amide bonds. The van der Waals surface area contributed by atoms with Crippen molar-refractivity contribution in [1.29, 1.82) is 0 Å². The van der Waals surface area contributed by atoms with Crippen LogP contribution in [0.15, 0.2) is 65.7 Å². The summed E-state index contributed by atoms with van der Waals surface area (Å²) in [5.74, 6) is 1.21. The van der Waals surface area contributed by atoms with Gasteiger partial charge in [-0.05, 0) is 62.0 Å². The summed E-state index contributed by atoms with van der Waals surface area (Å²) in [6, 6.07) is 19.6. The van der Waals surface area contributed by atoms with Gasteiger partial charge in [0, 0.05) is 36.3 Å². The van der Waals surface area contributed by atoms with Crippen molar-refractivity contribution in [2.45, 2.75) is 51.1 Å². The molecule has 32 heavy (non-hydrogen) atoms. The van der Waals surface area contributed by atoms with Gasteiger partial charge in [0.2, 0.25) is 5.91 Å². The number of carbonyl (C=O) groups excluding carboxylic acids is 1. The lowest BCUT2D eigenvalue weighted by atomic mass is 10.1. The molecule has 0 bridgehead atoms. The average Bonchev–Trinajstić information content (AvgIpc) is 3.46. The highest BCUT2D eigenvalue weighted by Gasteiger charge is 2.35. The normalized spacial score (nSPS) is 21.9. The summed E-state index contributed by atoms with van der Waals surface area (Å²) in [5, 5.41) is 0. The van der Waals surface area contributed by atoms with Crippen molar-refractivity contribution in [2.75, 3.05) is 30.4 Å². The predicted molar refractivity (Wildman–Crippen MR) is 133 cm³/mol. The number of benzene rings is 2. The summed E-state index contributed by atoms with van der Waals surface area (Å²) in [4.78, 5) is 21.1. The van der Waals surface area contributed by atoms with Crippen molar-refractivity contribution in [3.63, 3.8) is 0 Å². The standard InChI is InChI=1S/C27H33N3OS/c31-27-17-25(29-20-26(32-21-29)14-11-22-7-3-1-4-8-22)19-30(27)24-12-9-23(10-13-24)18-28-15-5-2-6-16-28/h1,3-4,7-10,12-13,20,25H,2,5-6,11,14-19,21H2. The van der Waals surface area contributed by atoms with Gasteiger partial charge in [-0.3, -0.25) is 9.69 Å². The van der Waals surface area contributed by atoms with Crippen LogP contribution in [-0.2, 0) is 17.8 Å². The molecule has 3 aliphatic rings. The van der Waals surface area contributed by atoms with Crippen LogP contribution in [0.4, 0.5) is 5.69 Å². The van der Waals surface area contributed by atoms with Gasteiger partial charge in [0.1, 0.15) is 0 Å². The van der Waals surface area contributed by atoms with Crippen LogP contribution in [0.3, 0.4) is 0 Å². The minimum absolute atomic E-state index is 0.245. The Morgan fingerprint density at radius 2 is 1.66 bits per heavy atom. The summed E-state index contributed by atoms with van der Waals surface area (Å²) >= 11 is 1.93. The maximum Gasteiger partial charge on any atom is 0.229 e. The maximum absolute atomic E-state index is 12.8. The lowest BCUT2D eigenvalue weighted by Crippen LogP contribution is -2.32. The molecule has 0 aliphatic carbocycles. The van der Waals surface area contributed by atoms with Gasteiger partial charge in [-0.2, -0.15) is 0 Å². The zero-order valence-electron chi connectivity index (χ0n) is 18.8. The van der Waals surface area contributed by atoms with Crippen LogP contribution in [0.2, 0.25) is 0 Å². The van der Waals surface area contributed by atoms with Crippen molar-refractivity contribution in [1.82, 2.24) is 9.80 Å². The van der Waals surface area contributed by atoms with Crippen LogP contribution in [0.25, 0.3) is 0 Å². The van der Waals surface area contributed by atoms with Crippen LogP contribution in [0.1, 0.15) is 43.2 Å². The summed E-state index contributed by atoms with van der Waals surface area (Å²) in [7, 11) is 0. The minimum atomic E-state index is 0.245. The number of rotatable bonds is 7. The number of hydrogen-bond acceptors (Lipinski definition) is 4. The molecule has 2 fully saturated rings. The Labute approximate surface area is 196 Å². The number of hydrogen-bond donors (Lipinski definition) is 0. The molecule has 0 saturated carbocycles. The molecule has 0 spiro atoms. The third kappa shape index (κ3) is 5.21. The van der Waals surface area contributed by atoms with Crippen molar-refractivity contribution in [3.8, 4) is 0 Å². The monoisotopic (exact) mass is 447 g/mol. The molecule has 5 rings (SSSR count). The van der Waals surface area contributed by atoms with Gasteiger partial charge in [0.15, 0.2) is 0 Å². The van der Waals surface area contributed by atoms with Crippen LogP contribution >= 0.6 is 11.8 Å². The van der Waals surface area contributed by atoms with Crippen molar-refractivity contribution in [3.05, 3.63) is 76.8 Å². The zero-order valence-corrected chi connectivity index (χ0v) is 19.6. The molecular formula is C27H33N3OS. The maximum atomic E-state index is 12.8. The van der Waals surface area contributed by atoms with Crippen LogP contribution in [-0.4, -0.2) is 47.3 Å². The topological polar surface area (TPSA) is 26.8 Å². The second-order valence-corrected chi connectivity index (χ2v) is 10.3. The molecule has 168 valence electrons. The fourth-order valence-corrected chi connectivity index (χ4v) is 6.05. The first-order chi connectivity index (χ1) is 15.7. The molecule has 2 saturated heterocycles. The Kier molecular flexibility index (Phi) is 6.84. The molecular weight excluding hydrogens is 414 g/mol. The van der Waals surface area contributed by atoms with E-state index >= 15 is 0 Å². The van der Waals surface area contributed by atoms with E-state index in [1.54, 1.807) is 0 Å². The summed E-state index contributed by atoms with van der Waals surface area (Å²) in [5.41, 5.74) is 3.78. The summed E-state index contributed by atoms with van der Waals surface area (Å²) < 4.78 is 0. The van der Waals surface area contributed by atoms with E-state index in [-0.39, 0.29) is 11.9 Å². The van der Waals surface area contributed by atoms with E-state index in [0.717, 1.165) is 37.5 Å². The number of nitrogens with zero attached hydrogens (tertiary/aromatic N) is 3. The number of piperidine rings is 1. The Morgan fingerprint density at radius 3 is 2.44 bits per heavy atom. The van der Waals surface area contributed by atoms with Gasteiger partial charge in [0.25, 0.3) is 0 Å². The molecule has 0 N–H and O–H groups in total. The number of likely N-dealkylation sites (tertiary alicyclic amines) is 1. The lowest BCUT2D eigenvalue weighted by Gasteiger charge is -2.26. The highest BCUT2D eigenvalue weighted by molar-refractivity contribution is 8.03. The third-order valence-corrected chi connectivity index (χ3v) is 8.00. The number of carbonyl (C=O) groups is 1. The Hall–Kier alpha value is -2.24. The lowest BCUT2D eigenvalue weighted by molar-refractivity contribution is -0.117. The van der Waals surface area contributed by atoms with Gasteiger partial charge >= 0.3 is 0 Å². The molecule has 3 heterocycles. The first kappa shape index (κ1) is 21.6. The third-order valence-electron chi connectivity index (χ3n) is 6.89. The highest BCUT2D eigenvalue weighted by atomic mass is 32.2.